The first-order chi connectivity index (χ1) is 10.8. The number of aliphatic hydroxyl groups excluding tert-OH is 2. The van der Waals surface area contributed by atoms with Crippen molar-refractivity contribution in [2.75, 3.05) is 52.4 Å². The highest BCUT2D eigenvalue weighted by Gasteiger charge is 2.28. The number of morpholine rings is 1. The number of ether oxygens (including phenoxy) is 1. The van der Waals surface area contributed by atoms with Crippen molar-refractivity contribution in [1.29, 1.82) is 0 Å². The fourth-order valence-electron chi connectivity index (χ4n) is 3.93. The highest BCUT2D eigenvalue weighted by Crippen LogP contribution is 2.13. The molecular formula is C17H35N3O3. The molecule has 0 spiro atoms. The molecule has 0 aromatic heterocycles. The lowest BCUT2D eigenvalue weighted by molar-refractivity contribution is -0.0790. The fourth-order valence-corrected chi connectivity index (χ4v) is 3.93. The lowest BCUT2D eigenvalue weighted by Crippen LogP contribution is -2.56. The molecule has 0 radical (unpaired) electrons. The van der Waals surface area contributed by atoms with Crippen LogP contribution < -0.4 is 0 Å². The molecule has 2 saturated heterocycles. The number of aliphatic hydroxyl groups is 2. The predicted molar refractivity (Wildman–Crippen MR) is 91.6 cm³/mol. The van der Waals surface area contributed by atoms with Gasteiger partial charge in [0.1, 0.15) is 0 Å². The summed E-state index contributed by atoms with van der Waals surface area (Å²) < 4.78 is 5.75. The van der Waals surface area contributed by atoms with Gasteiger partial charge >= 0.3 is 0 Å². The minimum atomic E-state index is -0.317. The van der Waals surface area contributed by atoms with Gasteiger partial charge in [-0.3, -0.25) is 14.7 Å². The second kappa shape index (κ2) is 8.74. The number of nitrogens with zero attached hydrogens (tertiary/aromatic N) is 3. The summed E-state index contributed by atoms with van der Waals surface area (Å²) in [6, 6.07) is 0.425. The molecular weight excluding hydrogens is 294 g/mol. The van der Waals surface area contributed by atoms with Crippen molar-refractivity contribution in [3.63, 3.8) is 0 Å². The van der Waals surface area contributed by atoms with E-state index in [1.807, 2.05) is 6.92 Å². The molecule has 2 heterocycles. The molecule has 0 aliphatic carbocycles. The molecule has 0 unspecified atom stereocenters. The van der Waals surface area contributed by atoms with E-state index in [-0.39, 0.29) is 24.4 Å². The molecule has 2 rings (SSSR count). The van der Waals surface area contributed by atoms with Gasteiger partial charge in [0.25, 0.3) is 0 Å². The van der Waals surface area contributed by atoms with Gasteiger partial charge in [0.05, 0.1) is 24.4 Å². The molecule has 6 heteroatoms. The summed E-state index contributed by atoms with van der Waals surface area (Å²) >= 11 is 0. The van der Waals surface area contributed by atoms with E-state index in [9.17, 15) is 10.2 Å². The van der Waals surface area contributed by atoms with Crippen LogP contribution in [0.15, 0.2) is 0 Å². The Morgan fingerprint density at radius 3 is 2.09 bits per heavy atom. The Labute approximate surface area is 141 Å². The van der Waals surface area contributed by atoms with Crippen molar-refractivity contribution in [2.45, 2.75) is 58.2 Å². The van der Waals surface area contributed by atoms with E-state index in [0.717, 1.165) is 52.4 Å². The summed E-state index contributed by atoms with van der Waals surface area (Å²) in [4.78, 5) is 7.00. The van der Waals surface area contributed by atoms with Gasteiger partial charge in [-0.15, -0.1) is 0 Å². The lowest BCUT2D eigenvalue weighted by Gasteiger charge is -2.42. The molecule has 2 fully saturated rings. The van der Waals surface area contributed by atoms with Crippen LogP contribution in [0.3, 0.4) is 0 Å². The van der Waals surface area contributed by atoms with Gasteiger partial charge in [-0.1, -0.05) is 0 Å². The molecule has 6 nitrogen and oxygen atoms in total. The lowest BCUT2D eigenvalue weighted by atomic mass is 10.1. The summed E-state index contributed by atoms with van der Waals surface area (Å²) in [6.45, 7) is 15.1. The molecule has 2 aliphatic heterocycles. The molecule has 23 heavy (non-hydrogen) atoms. The van der Waals surface area contributed by atoms with Crippen LogP contribution in [0.4, 0.5) is 0 Å². The van der Waals surface area contributed by atoms with Crippen LogP contribution in [-0.4, -0.2) is 108 Å². The largest absolute Gasteiger partial charge is 0.392 e. The van der Waals surface area contributed by atoms with Crippen molar-refractivity contribution < 1.29 is 14.9 Å². The SMILES string of the molecule is C[C@H](O)CN1CCN(C[C@H](O)CN2C[C@H](C)O[C@@H](C)C2)C[C@@H]1C. The standard InChI is InChI=1S/C17H35N3O3/c1-13-7-18(5-6-20(13)8-14(2)21)11-17(22)12-19-9-15(3)23-16(4)10-19/h13-17,21-22H,5-12H2,1-4H3/t13-,14-,15-,16-,17-/m0/s1. The molecule has 0 amide bonds. The average molecular weight is 329 g/mol. The van der Waals surface area contributed by atoms with E-state index >= 15 is 0 Å². The first kappa shape index (κ1) is 19.1. The number of rotatable bonds is 6. The van der Waals surface area contributed by atoms with Crippen LogP contribution in [-0.2, 0) is 4.74 Å². The smallest absolute Gasteiger partial charge is 0.0793 e. The highest BCUT2D eigenvalue weighted by atomic mass is 16.5. The van der Waals surface area contributed by atoms with E-state index in [4.69, 9.17) is 4.74 Å². The maximum atomic E-state index is 10.4. The summed E-state index contributed by atoms with van der Waals surface area (Å²) in [5.74, 6) is 0. The third-order valence-electron chi connectivity index (χ3n) is 4.78. The van der Waals surface area contributed by atoms with E-state index in [1.54, 1.807) is 0 Å². The third kappa shape index (κ3) is 6.29. The van der Waals surface area contributed by atoms with E-state index in [2.05, 4.69) is 35.5 Å². The zero-order valence-electron chi connectivity index (χ0n) is 15.2. The topological polar surface area (TPSA) is 59.4 Å². The van der Waals surface area contributed by atoms with Crippen LogP contribution in [0.2, 0.25) is 0 Å². The van der Waals surface area contributed by atoms with Gasteiger partial charge in [0.15, 0.2) is 0 Å². The second-order valence-electron chi connectivity index (χ2n) is 7.58. The Hall–Kier alpha value is -0.240. The van der Waals surface area contributed by atoms with Crippen LogP contribution in [0.1, 0.15) is 27.7 Å². The average Bonchev–Trinajstić information content (AvgIpc) is 2.40. The van der Waals surface area contributed by atoms with Crippen LogP contribution >= 0.6 is 0 Å². The van der Waals surface area contributed by atoms with E-state index in [1.165, 1.54) is 0 Å². The minimum Gasteiger partial charge on any atom is -0.392 e. The molecule has 5 atom stereocenters. The summed E-state index contributed by atoms with van der Waals surface area (Å²) in [7, 11) is 0. The first-order valence-corrected chi connectivity index (χ1v) is 9.03. The minimum absolute atomic E-state index is 0.245. The fraction of sp³-hybridized carbons (Fsp3) is 1.00. The maximum Gasteiger partial charge on any atom is 0.0793 e. The number of piperazine rings is 1. The van der Waals surface area contributed by atoms with Crippen molar-refractivity contribution in [3.8, 4) is 0 Å². The summed E-state index contributed by atoms with van der Waals surface area (Å²) in [5, 5.41) is 20.0. The number of β-amino-alcohol motifs (C(OH)–C–C–N with tert-alkyl or cyclic N) is 2. The van der Waals surface area contributed by atoms with Gasteiger partial charge < -0.3 is 14.9 Å². The molecule has 0 bridgehead atoms. The summed E-state index contributed by atoms with van der Waals surface area (Å²) in [5.41, 5.74) is 0. The van der Waals surface area contributed by atoms with Crippen LogP contribution in [0, 0.1) is 0 Å². The predicted octanol–water partition coefficient (Wildman–Crippen LogP) is -0.157. The van der Waals surface area contributed by atoms with Gasteiger partial charge in [-0.25, -0.2) is 0 Å². The normalized spacial score (nSPS) is 34.4. The molecule has 0 aromatic rings. The maximum absolute atomic E-state index is 10.4. The van der Waals surface area contributed by atoms with Crippen molar-refractivity contribution in [2.24, 2.45) is 0 Å². The van der Waals surface area contributed by atoms with Gasteiger partial charge in [0.2, 0.25) is 0 Å². The second-order valence-corrected chi connectivity index (χ2v) is 7.58. The molecule has 2 N–H and O–H groups in total. The van der Waals surface area contributed by atoms with Gasteiger partial charge in [0, 0.05) is 58.4 Å². The van der Waals surface area contributed by atoms with Crippen molar-refractivity contribution in [1.82, 2.24) is 14.7 Å². The highest BCUT2D eigenvalue weighted by molar-refractivity contribution is 4.83. The Morgan fingerprint density at radius 2 is 1.52 bits per heavy atom. The first-order valence-electron chi connectivity index (χ1n) is 9.03. The molecule has 2 aliphatic rings. The Bertz CT molecular complexity index is 346. The van der Waals surface area contributed by atoms with E-state index < -0.39 is 0 Å². The molecule has 0 saturated carbocycles. The zero-order chi connectivity index (χ0) is 17.0. The van der Waals surface area contributed by atoms with Crippen molar-refractivity contribution >= 4 is 0 Å². The number of hydrogen-bond donors (Lipinski definition) is 2. The monoisotopic (exact) mass is 329 g/mol. The van der Waals surface area contributed by atoms with Crippen LogP contribution in [0.25, 0.3) is 0 Å². The van der Waals surface area contributed by atoms with Gasteiger partial charge in [-0.2, -0.15) is 0 Å². The van der Waals surface area contributed by atoms with Crippen LogP contribution in [0.5, 0.6) is 0 Å². The number of hydrogen-bond acceptors (Lipinski definition) is 6. The Kier molecular flexibility index (Phi) is 7.25. The van der Waals surface area contributed by atoms with Gasteiger partial charge in [-0.05, 0) is 27.7 Å². The zero-order valence-corrected chi connectivity index (χ0v) is 15.2. The molecule has 0 aromatic carbocycles. The Morgan fingerprint density at radius 1 is 0.913 bits per heavy atom. The quantitative estimate of drug-likeness (QED) is 0.706. The molecule has 136 valence electrons. The summed E-state index contributed by atoms with van der Waals surface area (Å²) in [6.07, 6.45) is -0.104. The third-order valence-corrected chi connectivity index (χ3v) is 4.78. The van der Waals surface area contributed by atoms with Crippen molar-refractivity contribution in [3.05, 3.63) is 0 Å². The van der Waals surface area contributed by atoms with E-state index in [0.29, 0.717) is 6.04 Å². The Balaban J connectivity index is 1.72.